The molecule has 1 amide bonds. The summed E-state index contributed by atoms with van der Waals surface area (Å²) in [5.74, 6) is -1.78. The Labute approximate surface area is 287 Å². The number of anilines is 2. The van der Waals surface area contributed by atoms with Crippen molar-refractivity contribution < 1.29 is 33.3 Å². The number of aromatic carboxylic acids is 1. The van der Waals surface area contributed by atoms with Crippen LogP contribution in [0.2, 0.25) is 10.0 Å². The minimum Gasteiger partial charge on any atom is -0.478 e. The number of carboxylic acids is 1. The van der Waals surface area contributed by atoms with E-state index in [9.17, 15) is 14.7 Å². The van der Waals surface area contributed by atoms with Crippen molar-refractivity contribution in [2.24, 2.45) is 0 Å². The molecule has 0 aliphatic carbocycles. The van der Waals surface area contributed by atoms with Gasteiger partial charge in [0.2, 0.25) is 0 Å². The molecule has 0 spiro atoms. The summed E-state index contributed by atoms with van der Waals surface area (Å²) in [6, 6.07) is 12.0. The maximum absolute atomic E-state index is 15.7. The van der Waals surface area contributed by atoms with E-state index < -0.39 is 11.8 Å². The molecular weight excluding hydrogens is 662 g/mol. The fourth-order valence-corrected chi connectivity index (χ4v) is 8.51. The predicted molar refractivity (Wildman–Crippen MR) is 179 cm³/mol. The third-order valence-electron chi connectivity index (χ3n) is 10.3. The van der Waals surface area contributed by atoms with Crippen molar-refractivity contribution in [3.63, 3.8) is 0 Å². The topological polar surface area (TPSA) is 95.0 Å². The number of carbonyl (C=O) groups is 2. The summed E-state index contributed by atoms with van der Waals surface area (Å²) in [6.07, 6.45) is 1.77. The molecule has 5 aliphatic heterocycles. The number of morpholine rings is 2. The number of rotatable bonds is 5. The highest BCUT2D eigenvalue weighted by molar-refractivity contribution is 6.40. The minimum absolute atomic E-state index is 0.0325. The number of para-hydroxylation sites is 1. The van der Waals surface area contributed by atoms with Crippen LogP contribution in [0.4, 0.5) is 15.8 Å². The van der Waals surface area contributed by atoms with Gasteiger partial charge in [-0.3, -0.25) is 9.69 Å². The van der Waals surface area contributed by atoms with Crippen molar-refractivity contribution in [1.29, 1.82) is 0 Å². The van der Waals surface area contributed by atoms with Crippen LogP contribution in [0.25, 0.3) is 11.1 Å². The van der Waals surface area contributed by atoms with Gasteiger partial charge in [-0.25, -0.2) is 9.18 Å². The molecule has 4 saturated heterocycles. The molecule has 3 aromatic rings. The van der Waals surface area contributed by atoms with Crippen LogP contribution in [0, 0.1) is 5.82 Å². The van der Waals surface area contributed by atoms with Crippen molar-refractivity contribution in [3.8, 4) is 16.9 Å². The summed E-state index contributed by atoms with van der Waals surface area (Å²) in [7, 11) is 0. The zero-order chi connectivity index (χ0) is 33.1. The van der Waals surface area contributed by atoms with Gasteiger partial charge < -0.3 is 34.0 Å². The second-order valence-corrected chi connectivity index (χ2v) is 13.9. The first-order valence-electron chi connectivity index (χ1n) is 16.3. The smallest absolute Gasteiger partial charge is 0.337 e. The van der Waals surface area contributed by atoms with Crippen LogP contribution in [-0.2, 0) is 16.0 Å². The minimum atomic E-state index is -1.19. The van der Waals surface area contributed by atoms with Gasteiger partial charge in [-0.1, -0.05) is 41.4 Å². The first-order valence-corrected chi connectivity index (χ1v) is 17.1. The Morgan fingerprint density at radius 3 is 2.40 bits per heavy atom. The average molecular weight is 698 g/mol. The Bertz CT molecular complexity index is 1750. The van der Waals surface area contributed by atoms with Gasteiger partial charge >= 0.3 is 5.97 Å². The standard InChI is InChI=1S/C35H35Cl2FN4O6/c36-28-10-23(40-7-6-39-8-9-46-18-24(39)15-40)11-29(37)32(28)34(43)41-14-20-2-1-3-25(33(20)48-19-41)26-13-31(27(35(44)45)12-30(26)38)42-21-4-5-22(42)17-47-16-21/h1-3,10-13,21-22,24H,4-9,14-19H2,(H,44,45). The highest BCUT2D eigenvalue weighted by atomic mass is 35.5. The van der Waals surface area contributed by atoms with Gasteiger partial charge in [0.05, 0.1) is 78.0 Å². The number of nitrogens with zero attached hydrogens (tertiary/aromatic N) is 4. The largest absolute Gasteiger partial charge is 0.478 e. The number of piperazine rings is 1. The van der Waals surface area contributed by atoms with Crippen LogP contribution < -0.4 is 14.5 Å². The van der Waals surface area contributed by atoms with E-state index >= 15 is 4.39 Å². The molecule has 1 N–H and O–H groups in total. The number of carbonyl (C=O) groups excluding carboxylic acids is 1. The number of halogens is 3. The van der Waals surface area contributed by atoms with Crippen molar-refractivity contribution in [2.75, 3.05) is 69.1 Å². The third-order valence-corrected chi connectivity index (χ3v) is 10.9. The highest BCUT2D eigenvalue weighted by Crippen LogP contribution is 2.43. The fourth-order valence-electron chi connectivity index (χ4n) is 7.88. The van der Waals surface area contributed by atoms with Crippen LogP contribution in [0.3, 0.4) is 0 Å². The Balaban J connectivity index is 1.05. The van der Waals surface area contributed by atoms with Crippen LogP contribution in [-0.4, -0.2) is 104 Å². The van der Waals surface area contributed by atoms with Gasteiger partial charge in [-0.2, -0.15) is 0 Å². The highest BCUT2D eigenvalue weighted by Gasteiger charge is 2.40. The molecule has 3 unspecified atom stereocenters. The van der Waals surface area contributed by atoms with Crippen molar-refractivity contribution in [3.05, 3.63) is 75.0 Å². The van der Waals surface area contributed by atoms with E-state index in [0.717, 1.165) is 57.4 Å². The molecule has 5 heterocycles. The molecular formula is C35H35Cl2FN4O6. The van der Waals surface area contributed by atoms with E-state index in [1.165, 1.54) is 4.90 Å². The monoisotopic (exact) mass is 696 g/mol. The fraction of sp³-hybridized carbons (Fsp3) is 0.429. The molecule has 10 nitrogen and oxygen atoms in total. The van der Waals surface area contributed by atoms with E-state index in [1.807, 2.05) is 6.07 Å². The van der Waals surface area contributed by atoms with Crippen molar-refractivity contribution >= 4 is 46.5 Å². The zero-order valence-electron chi connectivity index (χ0n) is 26.2. The number of hydrogen-bond acceptors (Lipinski definition) is 8. The summed E-state index contributed by atoms with van der Waals surface area (Å²) in [5.41, 5.74) is 2.85. The Morgan fingerprint density at radius 1 is 0.896 bits per heavy atom. The molecule has 0 saturated carbocycles. The van der Waals surface area contributed by atoms with Gasteiger partial charge in [-0.05, 0) is 37.1 Å². The number of benzene rings is 3. The molecule has 5 aliphatic rings. The molecule has 0 radical (unpaired) electrons. The first kappa shape index (κ1) is 31.6. The van der Waals surface area contributed by atoms with Gasteiger partial charge in [-0.15, -0.1) is 0 Å². The zero-order valence-corrected chi connectivity index (χ0v) is 27.7. The summed E-state index contributed by atoms with van der Waals surface area (Å²) < 4.78 is 33.3. The van der Waals surface area contributed by atoms with Crippen molar-refractivity contribution in [1.82, 2.24) is 9.80 Å². The van der Waals surface area contributed by atoms with E-state index in [4.69, 9.17) is 37.4 Å². The summed E-state index contributed by atoms with van der Waals surface area (Å²) in [5, 5.41) is 10.5. The van der Waals surface area contributed by atoms with Crippen LogP contribution >= 0.6 is 23.2 Å². The maximum atomic E-state index is 15.7. The summed E-state index contributed by atoms with van der Waals surface area (Å²) in [4.78, 5) is 34.3. The Kier molecular flexibility index (Phi) is 8.36. The van der Waals surface area contributed by atoms with E-state index in [-0.39, 0.29) is 58.0 Å². The predicted octanol–water partition coefficient (Wildman–Crippen LogP) is 5.38. The van der Waals surface area contributed by atoms with Crippen molar-refractivity contribution in [2.45, 2.75) is 37.5 Å². The van der Waals surface area contributed by atoms with E-state index in [1.54, 1.807) is 30.3 Å². The quantitative estimate of drug-likeness (QED) is 0.378. The molecule has 8 rings (SSSR count). The molecule has 3 atom stereocenters. The van der Waals surface area contributed by atoms with Gasteiger partial charge in [0.1, 0.15) is 11.6 Å². The molecule has 2 bridgehead atoms. The number of ether oxygens (including phenoxy) is 3. The first-order chi connectivity index (χ1) is 23.3. The number of fused-ring (bicyclic) bond motifs is 4. The number of carboxylic acid groups (broad SMARTS) is 1. The molecule has 4 fully saturated rings. The normalized spacial score (nSPS) is 23.8. The Hall–Kier alpha value is -3.61. The molecule has 48 heavy (non-hydrogen) atoms. The molecule has 3 aromatic carbocycles. The SMILES string of the molecule is O=C(O)c1cc(F)c(-c2cccc3c2OCN(C(=O)c2c(Cl)cc(N4CCN5CCOCC5C4)cc2Cl)C3)cc1N1C2CCC1COC2. The lowest BCUT2D eigenvalue weighted by molar-refractivity contribution is -0.0116. The van der Waals surface area contributed by atoms with Crippen LogP contribution in [0.1, 0.15) is 39.1 Å². The third kappa shape index (κ3) is 5.55. The molecule has 252 valence electrons. The number of hydrogen-bond donors (Lipinski definition) is 1. The number of amides is 1. The summed E-state index contributed by atoms with van der Waals surface area (Å²) >= 11 is 13.5. The van der Waals surface area contributed by atoms with Crippen LogP contribution in [0.5, 0.6) is 5.75 Å². The molecule has 0 aromatic heterocycles. The van der Waals surface area contributed by atoms with Gasteiger partial charge in [0, 0.05) is 48.6 Å². The average Bonchev–Trinajstić information content (AvgIpc) is 3.33. The Morgan fingerprint density at radius 2 is 1.65 bits per heavy atom. The summed E-state index contributed by atoms with van der Waals surface area (Å²) in [6.45, 7) is 5.98. The lowest BCUT2D eigenvalue weighted by Gasteiger charge is -2.44. The van der Waals surface area contributed by atoms with Gasteiger partial charge in [0.25, 0.3) is 5.91 Å². The van der Waals surface area contributed by atoms with Gasteiger partial charge in [0.15, 0.2) is 6.73 Å². The maximum Gasteiger partial charge on any atom is 0.337 e. The molecule has 13 heteroatoms. The van der Waals surface area contributed by atoms with E-state index in [2.05, 4.69) is 14.7 Å². The second-order valence-electron chi connectivity index (χ2n) is 13.0. The second kappa shape index (κ2) is 12.7. The lowest BCUT2D eigenvalue weighted by Crippen LogP contribution is -2.58. The lowest BCUT2D eigenvalue weighted by atomic mass is 9.96. The van der Waals surface area contributed by atoms with E-state index in [0.29, 0.717) is 48.4 Å². The van der Waals surface area contributed by atoms with Crippen LogP contribution in [0.15, 0.2) is 42.5 Å².